The summed E-state index contributed by atoms with van der Waals surface area (Å²) in [5, 5.41) is 30.1. The molecule has 4 bridgehead atoms. The van der Waals surface area contributed by atoms with Crippen LogP contribution < -0.4 is 42.8 Å². The molecule has 0 saturated carbocycles. The van der Waals surface area contributed by atoms with E-state index in [9.17, 15) is 18.0 Å². The number of fused-ring (bicyclic) bond motifs is 4. The molecule has 0 saturated heterocycles. The zero-order valence-corrected chi connectivity index (χ0v) is 27.1. The molecule has 3 heterocycles. The number of carbonyl (C=O) groups is 2. The standard InChI is InChI=1S/C28H33IN11O4S/c30-26(31)21-8-6-19(7-9-21)14-32-27(41)22-10-11-23-16-39(37-34-23)29-40-17-24(35-38-40)12-13-25(28(42)33-15-22)36-45(43,44)18-20-4-2-1-3-5-20/h1-9,16-17,22,25,36H,10-15,18H2,(H3,30,31)(H,32,41)(H,33,42)/q-1. The van der Waals surface area contributed by atoms with Crippen LogP contribution in [0, 0.1) is 11.3 Å². The van der Waals surface area contributed by atoms with Crippen LogP contribution >= 0.6 is 0 Å². The first-order valence-corrected chi connectivity index (χ1v) is 17.7. The van der Waals surface area contributed by atoms with Crippen molar-refractivity contribution in [1.29, 1.82) is 5.41 Å². The maximum absolute atomic E-state index is 13.5. The average Bonchev–Trinajstić information content (AvgIpc) is 3.67. The predicted octanol–water partition coefficient (Wildman–Crippen LogP) is -3.12. The van der Waals surface area contributed by atoms with Gasteiger partial charge >= 0.3 is 243 Å². The van der Waals surface area contributed by atoms with Gasteiger partial charge in [0.2, 0.25) is 0 Å². The van der Waals surface area contributed by atoms with Crippen LogP contribution in [0.3, 0.4) is 0 Å². The van der Waals surface area contributed by atoms with Gasteiger partial charge in [0.25, 0.3) is 0 Å². The van der Waals surface area contributed by atoms with Crippen molar-refractivity contribution in [2.45, 2.75) is 44.0 Å². The SMILES string of the molecule is N=C(N)c1ccc(CNC(=O)C2CCc3cn(nn3)[I-]n3cc(nn3)CCC(NS(=O)(=O)Cc3ccccc3)C(=O)NC2)cc1. The van der Waals surface area contributed by atoms with Crippen LogP contribution in [0.4, 0.5) is 0 Å². The zero-order chi connectivity index (χ0) is 31.8. The summed E-state index contributed by atoms with van der Waals surface area (Å²) < 4.78 is 32.2. The summed E-state index contributed by atoms with van der Waals surface area (Å²) in [5.41, 5.74) is 8.82. The molecule has 5 rings (SSSR count). The number of aryl methyl sites for hydroxylation is 2. The number of hydrogen-bond donors (Lipinski definition) is 5. The summed E-state index contributed by atoms with van der Waals surface area (Å²) in [5.74, 6) is -1.78. The van der Waals surface area contributed by atoms with E-state index >= 15 is 0 Å². The quantitative estimate of drug-likeness (QED) is 0.0700. The van der Waals surface area contributed by atoms with E-state index in [-0.39, 0.29) is 37.0 Å². The number of nitrogen functional groups attached to an aromatic ring is 1. The maximum atomic E-state index is 13.5. The van der Waals surface area contributed by atoms with Crippen LogP contribution in [-0.4, -0.2) is 65.1 Å². The van der Waals surface area contributed by atoms with E-state index in [1.807, 2.05) is 6.20 Å². The van der Waals surface area contributed by atoms with Crippen LogP contribution in [0.5, 0.6) is 0 Å². The number of amidine groups is 1. The molecule has 2 aromatic carbocycles. The molecule has 238 valence electrons. The number of nitrogens with two attached hydrogens (primary N) is 1. The third kappa shape index (κ3) is 9.38. The fourth-order valence-corrected chi connectivity index (χ4v) is 7.73. The number of benzene rings is 2. The fourth-order valence-electron chi connectivity index (χ4n) is 4.65. The predicted molar refractivity (Wildman–Crippen MR) is 159 cm³/mol. The van der Waals surface area contributed by atoms with Crippen LogP contribution in [0.25, 0.3) is 0 Å². The van der Waals surface area contributed by atoms with E-state index in [1.165, 1.54) is 0 Å². The Kier molecular flexibility index (Phi) is 10.5. The van der Waals surface area contributed by atoms with E-state index < -0.39 is 49.6 Å². The van der Waals surface area contributed by atoms with Crippen LogP contribution in [0.2, 0.25) is 0 Å². The second-order valence-corrected chi connectivity index (χ2v) is 14.7. The molecule has 2 aromatic heterocycles. The Labute approximate surface area is 270 Å². The third-order valence-corrected chi connectivity index (χ3v) is 10.3. The van der Waals surface area contributed by atoms with Gasteiger partial charge < -0.3 is 5.73 Å². The molecular weight excluding hydrogens is 713 g/mol. The van der Waals surface area contributed by atoms with Crippen LogP contribution in [-0.2, 0) is 44.8 Å². The molecule has 0 fully saturated rings. The molecule has 45 heavy (non-hydrogen) atoms. The summed E-state index contributed by atoms with van der Waals surface area (Å²) in [4.78, 5) is 26.8. The van der Waals surface area contributed by atoms with Gasteiger partial charge in [-0.1, -0.05) is 6.07 Å². The zero-order valence-electron chi connectivity index (χ0n) is 24.1. The Morgan fingerprint density at radius 2 is 1.62 bits per heavy atom. The summed E-state index contributed by atoms with van der Waals surface area (Å²) in [7, 11) is -3.88. The first-order valence-electron chi connectivity index (χ1n) is 14.1. The van der Waals surface area contributed by atoms with Gasteiger partial charge in [-0.05, 0) is 0 Å². The van der Waals surface area contributed by atoms with Crippen LogP contribution in [0.1, 0.15) is 40.9 Å². The van der Waals surface area contributed by atoms with Crippen LogP contribution in [0.15, 0.2) is 67.0 Å². The van der Waals surface area contributed by atoms with Gasteiger partial charge in [-0.25, -0.2) is 0 Å². The van der Waals surface area contributed by atoms with Gasteiger partial charge in [0.05, 0.1) is 0 Å². The molecule has 15 nitrogen and oxygen atoms in total. The summed E-state index contributed by atoms with van der Waals surface area (Å²) in [6, 6.07) is 14.6. The molecule has 0 aliphatic carbocycles. The molecule has 4 aromatic rings. The second-order valence-electron chi connectivity index (χ2n) is 10.5. The normalized spacial score (nSPS) is 17.9. The molecular formula is C28H33IN11O4S-. The van der Waals surface area contributed by atoms with Gasteiger partial charge in [0, 0.05) is 5.56 Å². The van der Waals surface area contributed by atoms with E-state index in [4.69, 9.17) is 11.1 Å². The van der Waals surface area contributed by atoms with Crippen molar-refractivity contribution >= 4 is 27.7 Å². The number of carbonyl (C=O) groups excluding carboxylic acids is 2. The second kappa shape index (κ2) is 14.7. The molecule has 1 aliphatic rings. The molecule has 2 amide bonds. The molecule has 6 N–H and O–H groups in total. The number of rotatable bonds is 8. The molecule has 17 heteroatoms. The summed E-state index contributed by atoms with van der Waals surface area (Å²) in [6.45, 7) is 0.226. The number of aromatic nitrogens is 6. The Balaban J connectivity index is 1.32. The molecule has 2 unspecified atom stereocenters. The summed E-state index contributed by atoms with van der Waals surface area (Å²) in [6.07, 6.45) is 4.82. The first kappa shape index (κ1) is 32.2. The number of amides is 2. The van der Waals surface area contributed by atoms with Crippen molar-refractivity contribution in [2.24, 2.45) is 11.7 Å². The number of hydrogen-bond acceptors (Lipinski definition) is 9. The molecule has 0 radical (unpaired) electrons. The number of nitrogens with one attached hydrogen (secondary N) is 4. The minimum absolute atomic E-state index is 0.0118. The van der Waals surface area contributed by atoms with Crippen molar-refractivity contribution in [2.75, 3.05) is 6.54 Å². The topological polar surface area (TPSA) is 216 Å². The van der Waals surface area contributed by atoms with Crippen molar-refractivity contribution in [3.05, 3.63) is 95.1 Å². The molecule has 0 spiro atoms. The average molecular weight is 747 g/mol. The molecule has 1 aliphatic heterocycles. The van der Waals surface area contributed by atoms with E-state index in [0.29, 0.717) is 41.8 Å². The minimum atomic E-state index is -3.88. The Hall–Kier alpha value is -4.23. The van der Waals surface area contributed by atoms with Crippen molar-refractivity contribution in [1.82, 2.24) is 41.8 Å². The van der Waals surface area contributed by atoms with Crippen molar-refractivity contribution in [3.8, 4) is 0 Å². The van der Waals surface area contributed by atoms with E-state index in [0.717, 1.165) is 5.56 Å². The molecule has 2 atom stereocenters. The number of nitrogens with zero attached hydrogens (tertiary/aromatic N) is 6. The Morgan fingerprint density at radius 1 is 0.978 bits per heavy atom. The Bertz CT molecular complexity index is 1740. The van der Waals surface area contributed by atoms with Crippen molar-refractivity contribution in [3.63, 3.8) is 0 Å². The third-order valence-electron chi connectivity index (χ3n) is 7.08. The monoisotopic (exact) mass is 746 g/mol. The van der Waals surface area contributed by atoms with Gasteiger partial charge in [0.15, 0.2) is 0 Å². The van der Waals surface area contributed by atoms with E-state index in [1.54, 1.807) is 66.6 Å². The first-order chi connectivity index (χ1) is 21.6. The van der Waals surface area contributed by atoms with Gasteiger partial charge in [-0.2, -0.15) is 0 Å². The fraction of sp³-hybridized carbons (Fsp3) is 0.321. The van der Waals surface area contributed by atoms with Gasteiger partial charge in [-0.3, -0.25) is 5.41 Å². The van der Waals surface area contributed by atoms with Crippen molar-refractivity contribution < 1.29 is 39.8 Å². The summed E-state index contributed by atoms with van der Waals surface area (Å²) >= 11 is -0.891. The number of halogens is 1. The van der Waals surface area contributed by atoms with Gasteiger partial charge in [0.1, 0.15) is 5.84 Å². The van der Waals surface area contributed by atoms with Gasteiger partial charge in [-0.15, -0.1) is 0 Å². The number of sulfonamides is 1. The van der Waals surface area contributed by atoms with E-state index in [2.05, 4.69) is 36.0 Å². The Morgan fingerprint density at radius 3 is 2.27 bits per heavy atom.